The zero-order chi connectivity index (χ0) is 17.9. The maximum Gasteiger partial charge on any atom is 0.410 e. The summed E-state index contributed by atoms with van der Waals surface area (Å²) in [6, 6.07) is 10.4. The van der Waals surface area contributed by atoms with Crippen LogP contribution >= 0.6 is 0 Å². The molecule has 1 aromatic rings. The molecule has 0 aliphatic rings. The molecule has 0 N–H and O–H groups in total. The lowest BCUT2D eigenvalue weighted by atomic mass is 10.2. The fraction of sp³-hybridized carbons (Fsp3) is 0.550. The maximum atomic E-state index is 12.2. The molecule has 0 bridgehead atoms. The van der Waals surface area contributed by atoms with Crippen molar-refractivity contribution >= 4 is 6.09 Å². The minimum Gasteiger partial charge on any atom is -0.442 e. The summed E-state index contributed by atoms with van der Waals surface area (Å²) in [5, 5.41) is 0. The highest BCUT2D eigenvalue weighted by molar-refractivity contribution is 5.68. The summed E-state index contributed by atoms with van der Waals surface area (Å²) in [6.07, 6.45) is 4.19. The fourth-order valence-electron chi connectivity index (χ4n) is 2.48. The predicted octanol–water partition coefficient (Wildman–Crippen LogP) is 4.79. The van der Waals surface area contributed by atoms with Gasteiger partial charge in [0.05, 0.1) is 13.2 Å². The van der Waals surface area contributed by atoms with Crippen molar-refractivity contribution in [1.82, 2.24) is 4.90 Å². The van der Waals surface area contributed by atoms with Gasteiger partial charge in [-0.05, 0) is 52.7 Å². The Morgan fingerprint density at radius 1 is 1.08 bits per heavy atom. The van der Waals surface area contributed by atoms with Gasteiger partial charge in [0.25, 0.3) is 0 Å². The molecule has 0 heterocycles. The predicted molar refractivity (Wildman–Crippen MR) is 97.9 cm³/mol. The van der Waals surface area contributed by atoms with Crippen LogP contribution in [-0.4, -0.2) is 35.8 Å². The lowest BCUT2D eigenvalue weighted by molar-refractivity contribution is 0.0652. The fourth-order valence-corrected chi connectivity index (χ4v) is 2.48. The van der Waals surface area contributed by atoms with E-state index in [0.29, 0.717) is 13.2 Å². The molecule has 0 aliphatic heterocycles. The van der Waals surface area contributed by atoms with Gasteiger partial charge in [-0.3, -0.25) is 0 Å². The minimum absolute atomic E-state index is 0.125. The summed E-state index contributed by atoms with van der Waals surface area (Å²) in [7, 11) is 0. The second-order valence-electron chi connectivity index (χ2n) is 6.44. The van der Waals surface area contributed by atoms with Gasteiger partial charge in [-0.1, -0.05) is 36.4 Å². The number of carbonyl (C=O) groups is 1. The Labute approximate surface area is 146 Å². The number of hydrogen-bond acceptors (Lipinski definition) is 3. The zero-order valence-electron chi connectivity index (χ0n) is 15.6. The second-order valence-corrected chi connectivity index (χ2v) is 6.44. The van der Waals surface area contributed by atoms with Crippen molar-refractivity contribution in [2.24, 2.45) is 0 Å². The van der Waals surface area contributed by atoms with Crippen molar-refractivity contribution in [3.05, 3.63) is 48.0 Å². The van der Waals surface area contributed by atoms with Crippen LogP contribution in [0.4, 0.5) is 4.79 Å². The Morgan fingerprint density at radius 2 is 1.71 bits per heavy atom. The van der Waals surface area contributed by atoms with E-state index in [1.54, 1.807) is 4.90 Å². The van der Waals surface area contributed by atoms with Gasteiger partial charge in [0.1, 0.15) is 6.10 Å². The van der Waals surface area contributed by atoms with Crippen LogP contribution in [0.2, 0.25) is 0 Å². The van der Waals surface area contributed by atoms with Crippen LogP contribution in [0, 0.1) is 0 Å². The topological polar surface area (TPSA) is 38.8 Å². The molecule has 4 heteroatoms. The number of amides is 1. The quantitative estimate of drug-likeness (QED) is 0.481. The third-order valence-corrected chi connectivity index (χ3v) is 3.56. The van der Waals surface area contributed by atoms with Gasteiger partial charge in [0.2, 0.25) is 0 Å². The van der Waals surface area contributed by atoms with Crippen molar-refractivity contribution in [2.45, 2.75) is 65.8 Å². The van der Waals surface area contributed by atoms with Crippen LogP contribution in [0.25, 0.3) is 0 Å². The lowest BCUT2D eigenvalue weighted by Gasteiger charge is -2.30. The summed E-state index contributed by atoms with van der Waals surface area (Å²) in [4.78, 5) is 13.9. The number of ether oxygens (including phenoxy) is 2. The SMILES string of the molecule is CC(/C=C/CCOCc1ccccc1)OC(=O)N(C(C)C)C(C)C. The molecule has 0 saturated heterocycles. The highest BCUT2D eigenvalue weighted by Gasteiger charge is 2.22. The molecule has 24 heavy (non-hydrogen) atoms. The summed E-state index contributed by atoms with van der Waals surface area (Å²) >= 11 is 0. The van der Waals surface area contributed by atoms with Crippen LogP contribution in [-0.2, 0) is 16.1 Å². The van der Waals surface area contributed by atoms with Gasteiger partial charge in [-0.15, -0.1) is 0 Å². The van der Waals surface area contributed by atoms with E-state index in [1.165, 1.54) is 5.56 Å². The first-order chi connectivity index (χ1) is 11.4. The molecular formula is C20H31NO3. The van der Waals surface area contributed by atoms with Gasteiger partial charge in [0.15, 0.2) is 0 Å². The van der Waals surface area contributed by atoms with E-state index in [-0.39, 0.29) is 24.3 Å². The first-order valence-corrected chi connectivity index (χ1v) is 8.69. The monoisotopic (exact) mass is 333 g/mol. The molecule has 0 aromatic heterocycles. The Bertz CT molecular complexity index is 489. The molecular weight excluding hydrogens is 302 g/mol. The van der Waals surface area contributed by atoms with Crippen LogP contribution in [0.15, 0.2) is 42.5 Å². The van der Waals surface area contributed by atoms with Crippen LogP contribution < -0.4 is 0 Å². The summed E-state index contributed by atoms with van der Waals surface area (Å²) in [5.74, 6) is 0. The third-order valence-electron chi connectivity index (χ3n) is 3.56. The van der Waals surface area contributed by atoms with E-state index in [9.17, 15) is 4.79 Å². The number of rotatable bonds is 9. The van der Waals surface area contributed by atoms with Crippen molar-refractivity contribution in [1.29, 1.82) is 0 Å². The molecule has 0 fully saturated rings. The first kappa shape index (κ1) is 20.2. The molecule has 4 nitrogen and oxygen atoms in total. The molecule has 0 spiro atoms. The van der Waals surface area contributed by atoms with Crippen molar-refractivity contribution in [3.63, 3.8) is 0 Å². The first-order valence-electron chi connectivity index (χ1n) is 8.69. The molecule has 134 valence electrons. The number of carbonyl (C=O) groups excluding carboxylic acids is 1. The van der Waals surface area contributed by atoms with Gasteiger partial charge >= 0.3 is 6.09 Å². The molecule has 0 saturated carbocycles. The number of hydrogen-bond donors (Lipinski definition) is 0. The lowest BCUT2D eigenvalue weighted by Crippen LogP contribution is -2.43. The summed E-state index contributed by atoms with van der Waals surface area (Å²) in [5.41, 5.74) is 1.17. The van der Waals surface area contributed by atoms with E-state index < -0.39 is 0 Å². The average Bonchev–Trinajstić information content (AvgIpc) is 2.50. The van der Waals surface area contributed by atoms with Crippen molar-refractivity contribution in [3.8, 4) is 0 Å². The highest BCUT2D eigenvalue weighted by Crippen LogP contribution is 2.09. The Morgan fingerprint density at radius 3 is 2.29 bits per heavy atom. The molecule has 1 rings (SSSR count). The van der Waals surface area contributed by atoms with Gasteiger partial charge < -0.3 is 14.4 Å². The van der Waals surface area contributed by atoms with Crippen LogP contribution in [0.1, 0.15) is 46.6 Å². The molecule has 0 aliphatic carbocycles. The van der Waals surface area contributed by atoms with E-state index >= 15 is 0 Å². The molecule has 1 unspecified atom stereocenters. The largest absolute Gasteiger partial charge is 0.442 e. The van der Waals surface area contributed by atoms with Gasteiger partial charge in [-0.25, -0.2) is 4.79 Å². The second kappa shape index (κ2) is 10.9. The smallest absolute Gasteiger partial charge is 0.410 e. The highest BCUT2D eigenvalue weighted by atomic mass is 16.6. The standard InChI is InChI=1S/C20H31NO3/c1-16(2)21(17(3)4)20(22)24-18(5)11-9-10-14-23-15-19-12-7-6-8-13-19/h6-9,11-13,16-18H,10,14-15H2,1-5H3/b11-9+. The minimum atomic E-state index is -0.266. The molecule has 1 amide bonds. The summed E-state index contributed by atoms with van der Waals surface area (Å²) in [6.45, 7) is 11.1. The molecule has 1 atom stereocenters. The number of nitrogens with zero attached hydrogens (tertiary/aromatic N) is 1. The normalized spacial score (nSPS) is 12.8. The van der Waals surface area contributed by atoms with E-state index in [0.717, 1.165) is 6.42 Å². The third kappa shape index (κ3) is 7.64. The average molecular weight is 333 g/mol. The maximum absolute atomic E-state index is 12.2. The molecule has 1 aromatic carbocycles. The van der Waals surface area contributed by atoms with Crippen molar-refractivity contribution in [2.75, 3.05) is 6.61 Å². The van der Waals surface area contributed by atoms with Crippen LogP contribution in [0.5, 0.6) is 0 Å². The van der Waals surface area contributed by atoms with Gasteiger partial charge in [-0.2, -0.15) is 0 Å². The van der Waals surface area contributed by atoms with Crippen LogP contribution in [0.3, 0.4) is 0 Å². The summed E-state index contributed by atoms with van der Waals surface area (Å²) < 4.78 is 11.1. The molecule has 0 radical (unpaired) electrons. The number of benzene rings is 1. The zero-order valence-corrected chi connectivity index (χ0v) is 15.6. The van der Waals surface area contributed by atoms with E-state index in [2.05, 4.69) is 0 Å². The Balaban J connectivity index is 2.25. The van der Waals surface area contributed by atoms with E-state index in [1.807, 2.05) is 77.1 Å². The Hall–Kier alpha value is -1.81. The van der Waals surface area contributed by atoms with E-state index in [4.69, 9.17) is 9.47 Å². The Kier molecular flexibility index (Phi) is 9.16. The van der Waals surface area contributed by atoms with Crippen molar-refractivity contribution < 1.29 is 14.3 Å². The van der Waals surface area contributed by atoms with Gasteiger partial charge in [0, 0.05) is 12.1 Å².